The van der Waals surface area contributed by atoms with E-state index in [2.05, 4.69) is 39.8 Å². The van der Waals surface area contributed by atoms with Crippen LogP contribution in [0.3, 0.4) is 0 Å². The van der Waals surface area contributed by atoms with E-state index in [9.17, 15) is 4.79 Å². The van der Waals surface area contributed by atoms with Crippen LogP contribution in [0, 0.1) is 6.92 Å². The summed E-state index contributed by atoms with van der Waals surface area (Å²) in [6.07, 6.45) is 7.18. The summed E-state index contributed by atoms with van der Waals surface area (Å²) < 4.78 is 0. The second kappa shape index (κ2) is 8.61. The number of benzene rings is 2. The number of likely N-dealkylation sites (tertiary alicyclic amines) is 1. The Bertz CT molecular complexity index is 864. The van der Waals surface area contributed by atoms with Gasteiger partial charge in [0.2, 0.25) is 0 Å². The number of carbonyl (C=O) groups excluding carboxylic acids is 1. The number of carbonyl (C=O) groups is 1. The molecule has 0 radical (unpaired) electrons. The molecule has 4 heteroatoms. The smallest absolute Gasteiger partial charge is 0.256 e. The normalized spacial score (nSPS) is 18.2. The summed E-state index contributed by atoms with van der Waals surface area (Å²) in [5.41, 5.74) is 6.30. The molecule has 0 aromatic heterocycles. The van der Waals surface area contributed by atoms with Gasteiger partial charge in [-0.3, -0.25) is 4.79 Å². The van der Waals surface area contributed by atoms with E-state index in [0.717, 1.165) is 41.0 Å². The first kappa shape index (κ1) is 18.8. The van der Waals surface area contributed by atoms with Crippen molar-refractivity contribution in [1.29, 1.82) is 0 Å². The number of amides is 1. The molecule has 2 N–H and O–H groups in total. The molecule has 1 saturated heterocycles. The molecular weight excluding hydrogens is 346 g/mol. The molecule has 2 aromatic carbocycles. The maximum Gasteiger partial charge on any atom is 0.256 e. The molecular formula is C24H29N3O. The monoisotopic (exact) mass is 375 g/mol. The Labute approximate surface area is 167 Å². The highest BCUT2D eigenvalue weighted by atomic mass is 16.2. The number of piperidine rings is 1. The Kier molecular flexibility index (Phi) is 5.77. The summed E-state index contributed by atoms with van der Waals surface area (Å²) in [4.78, 5) is 14.8. The molecule has 2 aliphatic heterocycles. The molecule has 1 amide bonds. The number of aryl methyl sites for hydroxylation is 1. The Morgan fingerprint density at radius 2 is 1.86 bits per heavy atom. The van der Waals surface area contributed by atoms with E-state index in [1.54, 1.807) is 0 Å². The standard InChI is InChI=1S/C24H29N3O/c1-18-6-5-7-22-23(18)21(24(28)26-22)12-14-25-20-10-8-19(9-11-20)13-17-27-15-3-2-4-16-27/h5-12,25H,2-4,13-17H2,1H3,(H,26,28)/b21-12-. The van der Waals surface area contributed by atoms with E-state index in [4.69, 9.17) is 0 Å². The van der Waals surface area contributed by atoms with Crippen molar-refractivity contribution in [3.8, 4) is 0 Å². The molecule has 0 saturated carbocycles. The van der Waals surface area contributed by atoms with E-state index < -0.39 is 0 Å². The van der Waals surface area contributed by atoms with Crippen LogP contribution in [0.15, 0.2) is 48.5 Å². The van der Waals surface area contributed by atoms with Crippen LogP contribution in [-0.4, -0.2) is 37.0 Å². The van der Waals surface area contributed by atoms with Crippen LogP contribution in [-0.2, 0) is 11.2 Å². The third-order valence-corrected chi connectivity index (χ3v) is 5.77. The summed E-state index contributed by atoms with van der Waals surface area (Å²) >= 11 is 0. The molecule has 0 bridgehead atoms. The Balaban J connectivity index is 1.32. The third-order valence-electron chi connectivity index (χ3n) is 5.77. The fourth-order valence-electron chi connectivity index (χ4n) is 4.16. The van der Waals surface area contributed by atoms with Gasteiger partial charge in [-0.15, -0.1) is 0 Å². The minimum atomic E-state index is -0.0147. The second-order valence-corrected chi connectivity index (χ2v) is 7.80. The molecule has 4 rings (SSSR count). The Morgan fingerprint density at radius 1 is 1.07 bits per heavy atom. The van der Waals surface area contributed by atoms with Crippen molar-refractivity contribution >= 4 is 22.9 Å². The first-order chi connectivity index (χ1) is 13.7. The van der Waals surface area contributed by atoms with Crippen molar-refractivity contribution in [1.82, 2.24) is 4.90 Å². The number of hydrogen-bond acceptors (Lipinski definition) is 3. The lowest BCUT2D eigenvalue weighted by Gasteiger charge is -2.26. The van der Waals surface area contributed by atoms with Gasteiger partial charge >= 0.3 is 0 Å². The van der Waals surface area contributed by atoms with E-state index in [0.29, 0.717) is 6.54 Å². The number of rotatable bonds is 6. The van der Waals surface area contributed by atoms with Gasteiger partial charge in [-0.2, -0.15) is 0 Å². The van der Waals surface area contributed by atoms with Crippen LogP contribution in [0.4, 0.5) is 11.4 Å². The molecule has 0 unspecified atom stereocenters. The summed E-state index contributed by atoms with van der Waals surface area (Å²) in [6, 6.07) is 14.7. The fourth-order valence-corrected chi connectivity index (χ4v) is 4.16. The second-order valence-electron chi connectivity index (χ2n) is 7.80. The fraction of sp³-hybridized carbons (Fsp3) is 0.375. The molecule has 0 spiro atoms. The minimum absolute atomic E-state index is 0.0147. The lowest BCUT2D eigenvalue weighted by Crippen LogP contribution is -2.31. The van der Waals surface area contributed by atoms with E-state index in [-0.39, 0.29) is 5.91 Å². The molecule has 2 aromatic rings. The quantitative estimate of drug-likeness (QED) is 0.732. The lowest BCUT2D eigenvalue weighted by molar-refractivity contribution is -0.110. The average molecular weight is 376 g/mol. The summed E-state index contributed by atoms with van der Waals surface area (Å²) in [5, 5.41) is 6.35. The number of nitrogens with one attached hydrogen (secondary N) is 2. The van der Waals surface area contributed by atoms with Gasteiger partial charge in [-0.25, -0.2) is 0 Å². The zero-order valence-electron chi connectivity index (χ0n) is 16.6. The molecule has 0 aliphatic carbocycles. The lowest BCUT2D eigenvalue weighted by atomic mass is 10.0. The van der Waals surface area contributed by atoms with Gasteiger partial charge in [-0.1, -0.05) is 36.8 Å². The van der Waals surface area contributed by atoms with Gasteiger partial charge in [0.05, 0.1) is 0 Å². The van der Waals surface area contributed by atoms with Gasteiger partial charge in [-0.05, 0) is 68.6 Å². The summed E-state index contributed by atoms with van der Waals surface area (Å²) in [7, 11) is 0. The number of fused-ring (bicyclic) bond motifs is 1. The zero-order chi connectivity index (χ0) is 19.3. The first-order valence-corrected chi connectivity index (χ1v) is 10.4. The Hall–Kier alpha value is -2.59. The highest BCUT2D eigenvalue weighted by Crippen LogP contribution is 2.33. The summed E-state index contributed by atoms with van der Waals surface area (Å²) in [5.74, 6) is -0.0147. The van der Waals surface area contributed by atoms with Crippen LogP contribution in [0.1, 0.15) is 36.0 Å². The maximum absolute atomic E-state index is 12.3. The van der Waals surface area contributed by atoms with Crippen molar-refractivity contribution in [2.24, 2.45) is 0 Å². The van der Waals surface area contributed by atoms with Gasteiger partial charge in [0.25, 0.3) is 5.91 Å². The van der Waals surface area contributed by atoms with E-state index >= 15 is 0 Å². The van der Waals surface area contributed by atoms with Crippen LogP contribution in [0.2, 0.25) is 0 Å². The largest absolute Gasteiger partial charge is 0.382 e. The molecule has 146 valence electrons. The SMILES string of the molecule is Cc1cccc2c1/C(=C/CNc1ccc(CCN3CCCCC3)cc1)C(=O)N2. The van der Waals surface area contributed by atoms with Crippen molar-refractivity contribution in [3.63, 3.8) is 0 Å². The van der Waals surface area contributed by atoms with Gasteiger partial charge in [0.15, 0.2) is 0 Å². The van der Waals surface area contributed by atoms with Crippen molar-refractivity contribution < 1.29 is 4.79 Å². The van der Waals surface area contributed by atoms with Crippen molar-refractivity contribution in [2.75, 3.05) is 36.8 Å². The molecule has 28 heavy (non-hydrogen) atoms. The predicted octanol–water partition coefficient (Wildman–Crippen LogP) is 4.47. The topological polar surface area (TPSA) is 44.4 Å². The molecule has 1 fully saturated rings. The van der Waals surface area contributed by atoms with Crippen LogP contribution < -0.4 is 10.6 Å². The highest BCUT2D eigenvalue weighted by molar-refractivity contribution is 6.32. The van der Waals surface area contributed by atoms with Crippen LogP contribution in [0.5, 0.6) is 0 Å². The first-order valence-electron chi connectivity index (χ1n) is 10.4. The maximum atomic E-state index is 12.3. The number of anilines is 2. The van der Waals surface area contributed by atoms with Gasteiger partial charge in [0, 0.05) is 35.6 Å². The van der Waals surface area contributed by atoms with Crippen LogP contribution in [0.25, 0.3) is 5.57 Å². The van der Waals surface area contributed by atoms with Gasteiger partial charge in [0.1, 0.15) is 0 Å². The molecule has 4 nitrogen and oxygen atoms in total. The molecule has 0 atom stereocenters. The molecule has 2 aliphatic rings. The van der Waals surface area contributed by atoms with Crippen molar-refractivity contribution in [3.05, 3.63) is 65.2 Å². The van der Waals surface area contributed by atoms with E-state index in [1.807, 2.05) is 31.2 Å². The number of hydrogen-bond donors (Lipinski definition) is 2. The minimum Gasteiger partial charge on any atom is -0.382 e. The summed E-state index contributed by atoms with van der Waals surface area (Å²) in [6.45, 7) is 6.34. The highest BCUT2D eigenvalue weighted by Gasteiger charge is 2.24. The van der Waals surface area contributed by atoms with E-state index in [1.165, 1.54) is 37.9 Å². The Morgan fingerprint density at radius 3 is 2.64 bits per heavy atom. The molecule has 2 heterocycles. The van der Waals surface area contributed by atoms with Crippen molar-refractivity contribution in [2.45, 2.75) is 32.6 Å². The van der Waals surface area contributed by atoms with Crippen LogP contribution >= 0.6 is 0 Å². The zero-order valence-corrected chi connectivity index (χ0v) is 16.6. The van der Waals surface area contributed by atoms with Gasteiger partial charge < -0.3 is 15.5 Å². The number of nitrogens with zero attached hydrogens (tertiary/aromatic N) is 1. The predicted molar refractivity (Wildman–Crippen MR) is 117 cm³/mol. The average Bonchev–Trinajstić information content (AvgIpc) is 3.05. The third kappa shape index (κ3) is 4.28.